The second kappa shape index (κ2) is 5.90. The minimum atomic E-state index is -0.0902. The Bertz CT molecular complexity index is 947. The number of aromatic amines is 1. The van der Waals surface area contributed by atoms with Crippen LogP contribution in [-0.2, 0) is 0 Å². The van der Waals surface area contributed by atoms with Crippen molar-refractivity contribution in [2.24, 2.45) is 0 Å². The van der Waals surface area contributed by atoms with E-state index in [4.69, 9.17) is 0 Å². The highest BCUT2D eigenvalue weighted by Crippen LogP contribution is 2.28. The van der Waals surface area contributed by atoms with Crippen LogP contribution in [0.1, 0.15) is 39.7 Å². The van der Waals surface area contributed by atoms with Gasteiger partial charge in [0.1, 0.15) is 0 Å². The number of piperidine rings is 1. The molecule has 7 heteroatoms. The van der Waals surface area contributed by atoms with Crippen molar-refractivity contribution in [1.29, 1.82) is 0 Å². The van der Waals surface area contributed by atoms with Crippen molar-refractivity contribution >= 4 is 22.9 Å². The van der Waals surface area contributed by atoms with Gasteiger partial charge < -0.3 is 4.90 Å². The van der Waals surface area contributed by atoms with Crippen LogP contribution >= 0.6 is 11.3 Å². The third kappa shape index (κ3) is 2.65. The fraction of sp³-hybridized carbons (Fsp3) is 0.353. The molecule has 0 radical (unpaired) electrons. The summed E-state index contributed by atoms with van der Waals surface area (Å²) in [6.45, 7) is 3.41. The van der Waals surface area contributed by atoms with Crippen LogP contribution in [0.2, 0.25) is 0 Å². The summed E-state index contributed by atoms with van der Waals surface area (Å²) < 4.78 is 1.43. The number of carbonyl (C=O) groups is 1. The van der Waals surface area contributed by atoms with E-state index in [9.17, 15) is 9.59 Å². The lowest BCUT2D eigenvalue weighted by Gasteiger charge is -2.31. The SMILES string of the molecule is Cc1csc(C(=O)N2CCC(c3cc(=O)n4[nH]ccc4n3)CC2)c1. The first-order valence-corrected chi connectivity index (χ1v) is 8.91. The van der Waals surface area contributed by atoms with E-state index < -0.39 is 0 Å². The molecule has 0 spiro atoms. The molecule has 6 nitrogen and oxygen atoms in total. The van der Waals surface area contributed by atoms with E-state index >= 15 is 0 Å². The molecular weight excluding hydrogens is 324 g/mol. The van der Waals surface area contributed by atoms with E-state index in [1.54, 1.807) is 18.3 Å². The van der Waals surface area contributed by atoms with Crippen LogP contribution in [0.3, 0.4) is 0 Å². The monoisotopic (exact) mass is 342 g/mol. The molecule has 1 aliphatic heterocycles. The quantitative estimate of drug-likeness (QED) is 0.777. The molecule has 1 N–H and O–H groups in total. The van der Waals surface area contributed by atoms with Crippen molar-refractivity contribution in [3.63, 3.8) is 0 Å². The molecule has 0 aliphatic carbocycles. The number of hydrogen-bond donors (Lipinski definition) is 1. The molecule has 1 aliphatic rings. The second-order valence-corrected chi connectivity index (χ2v) is 7.14. The van der Waals surface area contributed by atoms with Crippen molar-refractivity contribution in [3.05, 3.63) is 56.3 Å². The topological polar surface area (TPSA) is 70.5 Å². The van der Waals surface area contributed by atoms with Crippen LogP contribution in [0, 0.1) is 6.92 Å². The lowest BCUT2D eigenvalue weighted by atomic mass is 9.93. The maximum atomic E-state index is 12.5. The number of amides is 1. The van der Waals surface area contributed by atoms with Gasteiger partial charge in [0.15, 0.2) is 5.65 Å². The maximum Gasteiger partial charge on any atom is 0.272 e. The summed E-state index contributed by atoms with van der Waals surface area (Å²) in [4.78, 5) is 31.9. The Morgan fingerprint density at radius 3 is 2.83 bits per heavy atom. The zero-order valence-corrected chi connectivity index (χ0v) is 14.2. The highest BCUT2D eigenvalue weighted by atomic mass is 32.1. The Labute approximate surface area is 142 Å². The van der Waals surface area contributed by atoms with Gasteiger partial charge in [-0.15, -0.1) is 11.3 Å². The molecule has 3 aromatic heterocycles. The highest BCUT2D eigenvalue weighted by molar-refractivity contribution is 7.12. The fourth-order valence-electron chi connectivity index (χ4n) is 3.23. The minimum Gasteiger partial charge on any atom is -0.338 e. The van der Waals surface area contributed by atoms with Crippen molar-refractivity contribution in [3.8, 4) is 0 Å². The second-order valence-electron chi connectivity index (χ2n) is 6.23. The van der Waals surface area contributed by atoms with E-state index in [-0.39, 0.29) is 17.4 Å². The molecule has 24 heavy (non-hydrogen) atoms. The number of rotatable bonds is 2. The number of aromatic nitrogens is 3. The Balaban J connectivity index is 1.49. The smallest absolute Gasteiger partial charge is 0.272 e. The van der Waals surface area contributed by atoms with Gasteiger partial charge in [-0.3, -0.25) is 14.7 Å². The van der Waals surface area contributed by atoms with Gasteiger partial charge in [-0.2, -0.15) is 0 Å². The normalized spacial score (nSPS) is 16.0. The van der Waals surface area contributed by atoms with Crippen LogP contribution in [0.25, 0.3) is 5.65 Å². The molecule has 0 atom stereocenters. The van der Waals surface area contributed by atoms with Crippen LogP contribution < -0.4 is 5.56 Å². The zero-order chi connectivity index (χ0) is 16.7. The molecule has 0 bridgehead atoms. The van der Waals surface area contributed by atoms with Gasteiger partial charge in [-0.1, -0.05) is 0 Å². The largest absolute Gasteiger partial charge is 0.338 e. The summed E-state index contributed by atoms with van der Waals surface area (Å²) >= 11 is 1.50. The zero-order valence-electron chi connectivity index (χ0n) is 13.4. The summed E-state index contributed by atoms with van der Waals surface area (Å²) in [5, 5.41) is 4.85. The summed E-state index contributed by atoms with van der Waals surface area (Å²) in [6, 6.07) is 5.35. The van der Waals surface area contributed by atoms with Gasteiger partial charge in [-0.05, 0) is 36.8 Å². The minimum absolute atomic E-state index is 0.0902. The first-order valence-electron chi connectivity index (χ1n) is 8.03. The number of carbonyl (C=O) groups excluding carboxylic acids is 1. The summed E-state index contributed by atoms with van der Waals surface area (Å²) in [5.74, 6) is 0.340. The van der Waals surface area contributed by atoms with Gasteiger partial charge in [0.2, 0.25) is 0 Å². The molecule has 3 aromatic rings. The van der Waals surface area contributed by atoms with Crippen LogP contribution in [0.5, 0.6) is 0 Å². The van der Waals surface area contributed by atoms with Gasteiger partial charge in [0.25, 0.3) is 11.5 Å². The molecule has 4 rings (SSSR count). The average Bonchev–Trinajstić information content (AvgIpc) is 3.23. The van der Waals surface area contributed by atoms with Gasteiger partial charge >= 0.3 is 0 Å². The maximum absolute atomic E-state index is 12.5. The summed E-state index contributed by atoms with van der Waals surface area (Å²) in [5.41, 5.74) is 2.51. The molecule has 1 fully saturated rings. The van der Waals surface area contributed by atoms with Gasteiger partial charge in [0.05, 0.1) is 10.6 Å². The Kier molecular flexibility index (Phi) is 3.72. The van der Waals surface area contributed by atoms with Crippen LogP contribution in [0.15, 0.2) is 34.6 Å². The summed E-state index contributed by atoms with van der Waals surface area (Å²) in [6.07, 6.45) is 3.38. The van der Waals surface area contributed by atoms with Gasteiger partial charge in [-0.25, -0.2) is 9.50 Å². The average molecular weight is 342 g/mol. The highest BCUT2D eigenvalue weighted by Gasteiger charge is 2.26. The standard InChI is InChI=1S/C17H18N4O2S/c1-11-8-14(24-10-11)17(23)20-6-3-12(4-7-20)13-9-16(22)21-15(19-13)2-5-18-21/h2,5,8-10,12,18H,3-4,6-7H2,1H3. The Morgan fingerprint density at radius 1 is 1.33 bits per heavy atom. The van der Waals surface area contributed by atoms with Crippen molar-refractivity contribution < 1.29 is 4.79 Å². The third-order valence-corrected chi connectivity index (χ3v) is 5.58. The fourth-order valence-corrected chi connectivity index (χ4v) is 4.10. The molecule has 1 saturated heterocycles. The number of aryl methyl sites for hydroxylation is 1. The number of H-pyrrole nitrogens is 1. The van der Waals surface area contributed by atoms with E-state index in [2.05, 4.69) is 10.1 Å². The van der Waals surface area contributed by atoms with Crippen molar-refractivity contribution in [1.82, 2.24) is 19.5 Å². The number of nitrogens with one attached hydrogen (secondary N) is 1. The number of nitrogens with zero attached hydrogens (tertiary/aromatic N) is 3. The molecule has 0 saturated carbocycles. The number of likely N-dealkylation sites (tertiary alicyclic amines) is 1. The molecule has 1 amide bonds. The van der Waals surface area contributed by atoms with Crippen molar-refractivity contribution in [2.45, 2.75) is 25.7 Å². The number of fused-ring (bicyclic) bond motifs is 1. The van der Waals surface area contributed by atoms with E-state index in [0.717, 1.165) is 29.0 Å². The number of hydrogen-bond acceptors (Lipinski definition) is 4. The first kappa shape index (κ1) is 15.1. The van der Waals surface area contributed by atoms with E-state index in [1.165, 1.54) is 15.9 Å². The van der Waals surface area contributed by atoms with E-state index in [1.807, 2.05) is 23.3 Å². The Hall–Kier alpha value is -2.41. The molecule has 0 unspecified atom stereocenters. The molecule has 0 aromatic carbocycles. The lowest BCUT2D eigenvalue weighted by Crippen LogP contribution is -2.38. The van der Waals surface area contributed by atoms with Crippen LogP contribution in [-0.4, -0.2) is 38.5 Å². The number of thiophene rings is 1. The van der Waals surface area contributed by atoms with Crippen LogP contribution in [0.4, 0.5) is 0 Å². The van der Waals surface area contributed by atoms with E-state index in [0.29, 0.717) is 18.7 Å². The van der Waals surface area contributed by atoms with Gasteiger partial charge in [0, 0.05) is 37.3 Å². The lowest BCUT2D eigenvalue weighted by molar-refractivity contribution is 0.0717. The molecule has 4 heterocycles. The molecule has 124 valence electrons. The first-order chi connectivity index (χ1) is 11.6. The van der Waals surface area contributed by atoms with Crippen molar-refractivity contribution in [2.75, 3.05) is 13.1 Å². The summed E-state index contributed by atoms with van der Waals surface area (Å²) in [7, 11) is 0. The predicted molar refractivity (Wildman–Crippen MR) is 92.7 cm³/mol. The molecular formula is C17H18N4O2S. The predicted octanol–water partition coefficient (Wildman–Crippen LogP) is 2.41. The Morgan fingerprint density at radius 2 is 2.12 bits per heavy atom. The third-order valence-electron chi connectivity index (χ3n) is 4.54.